The van der Waals surface area contributed by atoms with Crippen LogP contribution in [0.4, 0.5) is 17.3 Å². The Morgan fingerprint density at radius 3 is 2.57 bits per heavy atom. The van der Waals surface area contributed by atoms with Crippen LogP contribution in [0.25, 0.3) is 27.8 Å². The van der Waals surface area contributed by atoms with E-state index in [1.165, 1.54) is 21.6 Å². The largest absolute Gasteiger partial charge is 0.384 e. The molecule has 0 atom stereocenters. The van der Waals surface area contributed by atoms with Crippen LogP contribution in [0.2, 0.25) is 0 Å². The van der Waals surface area contributed by atoms with Crippen LogP contribution in [0.15, 0.2) is 60.0 Å². The van der Waals surface area contributed by atoms with Crippen molar-refractivity contribution in [2.45, 2.75) is 32.9 Å². The van der Waals surface area contributed by atoms with Crippen molar-refractivity contribution in [3.05, 3.63) is 77.0 Å². The molecular weight excluding hydrogens is 530 g/mol. The molecule has 6 rings (SSSR count). The van der Waals surface area contributed by atoms with Gasteiger partial charge in [-0.25, -0.2) is 19.3 Å². The van der Waals surface area contributed by atoms with Crippen molar-refractivity contribution in [1.82, 2.24) is 33.8 Å². The second-order valence-electron chi connectivity index (χ2n) is 11.6. The number of aliphatic hydroxyl groups is 1. The Morgan fingerprint density at radius 1 is 1.10 bits per heavy atom. The van der Waals surface area contributed by atoms with Crippen LogP contribution in [0.5, 0.6) is 0 Å². The number of pyridine rings is 1. The van der Waals surface area contributed by atoms with Crippen molar-refractivity contribution in [1.29, 1.82) is 0 Å². The van der Waals surface area contributed by atoms with Gasteiger partial charge < -0.3 is 24.8 Å². The summed E-state index contributed by atoms with van der Waals surface area (Å²) in [5, 5.41) is 15.5. The topological polar surface area (TPSA) is 109 Å². The minimum absolute atomic E-state index is 0.245. The molecule has 5 aromatic rings. The molecule has 2 N–H and O–H groups in total. The Hall–Kier alpha value is -4.48. The third kappa shape index (κ3) is 4.84. The number of aryl methyl sites for hydroxylation is 2. The van der Waals surface area contributed by atoms with Gasteiger partial charge in [-0.15, -0.1) is 6.58 Å². The van der Waals surface area contributed by atoms with E-state index in [9.17, 15) is 9.90 Å². The molecule has 0 radical (unpaired) electrons. The van der Waals surface area contributed by atoms with Crippen molar-refractivity contribution in [2.75, 3.05) is 43.4 Å². The van der Waals surface area contributed by atoms with E-state index in [0.29, 0.717) is 28.5 Å². The van der Waals surface area contributed by atoms with Crippen molar-refractivity contribution in [3.8, 4) is 5.82 Å². The lowest BCUT2D eigenvalue weighted by Gasteiger charge is -2.34. The SMILES string of the molecule is C=CCn1c(=O)c2cnc(Nc3cc(N4CCN(C)CC4)c4c(c3)cc(C)n4C)nc2n1-c1cccc(C(C)(C)O)n1. The van der Waals surface area contributed by atoms with Crippen LogP contribution in [-0.2, 0) is 19.2 Å². The zero-order valence-electron chi connectivity index (χ0n) is 24.8. The number of nitrogens with zero attached hydrogens (tertiary/aromatic N) is 8. The average molecular weight is 568 g/mol. The summed E-state index contributed by atoms with van der Waals surface area (Å²) in [6.45, 7) is 13.4. The third-order valence-electron chi connectivity index (χ3n) is 8.00. The second-order valence-corrected chi connectivity index (χ2v) is 11.6. The lowest BCUT2D eigenvalue weighted by molar-refractivity contribution is 0.0738. The van der Waals surface area contributed by atoms with Gasteiger partial charge in [0, 0.05) is 56.2 Å². The highest BCUT2D eigenvalue weighted by Gasteiger charge is 2.23. The minimum atomic E-state index is -1.15. The van der Waals surface area contributed by atoms with Gasteiger partial charge in [0.15, 0.2) is 11.5 Å². The first kappa shape index (κ1) is 27.7. The van der Waals surface area contributed by atoms with Gasteiger partial charge in [0.2, 0.25) is 5.95 Å². The molecule has 1 fully saturated rings. The molecule has 42 heavy (non-hydrogen) atoms. The molecule has 1 aromatic carbocycles. The van der Waals surface area contributed by atoms with Gasteiger partial charge in [-0.2, -0.15) is 4.98 Å². The molecular formula is C31H37N9O2. The fourth-order valence-electron chi connectivity index (χ4n) is 5.60. The number of nitrogens with one attached hydrogen (secondary N) is 1. The summed E-state index contributed by atoms with van der Waals surface area (Å²) >= 11 is 0. The fourth-order valence-corrected chi connectivity index (χ4v) is 5.60. The molecule has 0 spiro atoms. The summed E-state index contributed by atoms with van der Waals surface area (Å²) in [6, 6.07) is 11.8. The number of fused-ring (bicyclic) bond motifs is 2. The maximum Gasteiger partial charge on any atom is 0.278 e. The van der Waals surface area contributed by atoms with Crippen LogP contribution < -0.4 is 15.8 Å². The van der Waals surface area contributed by atoms with Gasteiger partial charge in [0.05, 0.1) is 23.4 Å². The quantitative estimate of drug-likeness (QED) is 0.287. The number of benzene rings is 1. The number of aromatic nitrogens is 6. The number of hydrogen-bond acceptors (Lipinski definition) is 8. The minimum Gasteiger partial charge on any atom is -0.384 e. The summed E-state index contributed by atoms with van der Waals surface area (Å²) in [5.74, 6) is 0.828. The molecule has 0 aliphatic carbocycles. The van der Waals surface area contributed by atoms with Crippen LogP contribution in [0.1, 0.15) is 25.2 Å². The van der Waals surface area contributed by atoms with Crippen LogP contribution in [0.3, 0.4) is 0 Å². The third-order valence-corrected chi connectivity index (χ3v) is 8.00. The van der Waals surface area contributed by atoms with Gasteiger partial charge in [0.1, 0.15) is 11.0 Å². The van der Waals surface area contributed by atoms with Crippen molar-refractivity contribution < 1.29 is 5.11 Å². The molecule has 5 heterocycles. The van der Waals surface area contributed by atoms with Gasteiger partial charge >= 0.3 is 0 Å². The Balaban J connectivity index is 1.46. The molecule has 1 aliphatic heterocycles. The summed E-state index contributed by atoms with van der Waals surface area (Å²) < 4.78 is 5.43. The van der Waals surface area contributed by atoms with Crippen molar-refractivity contribution in [2.24, 2.45) is 7.05 Å². The van der Waals surface area contributed by atoms with E-state index in [-0.39, 0.29) is 12.1 Å². The molecule has 0 bridgehead atoms. The van der Waals surface area contributed by atoms with Crippen molar-refractivity contribution in [3.63, 3.8) is 0 Å². The molecule has 0 amide bonds. The summed E-state index contributed by atoms with van der Waals surface area (Å²) in [4.78, 5) is 32.2. The highest BCUT2D eigenvalue weighted by atomic mass is 16.3. The number of allylic oxidation sites excluding steroid dienone is 1. The highest BCUT2D eigenvalue weighted by Crippen LogP contribution is 2.34. The first-order valence-corrected chi connectivity index (χ1v) is 14.2. The van der Waals surface area contributed by atoms with Crippen LogP contribution >= 0.6 is 0 Å². The molecule has 4 aromatic heterocycles. The zero-order valence-corrected chi connectivity index (χ0v) is 24.8. The number of anilines is 3. The number of hydrogen-bond donors (Lipinski definition) is 2. The average Bonchev–Trinajstić information content (AvgIpc) is 3.40. The van der Waals surface area contributed by atoms with Gasteiger partial charge in [0.25, 0.3) is 5.56 Å². The first-order chi connectivity index (χ1) is 20.0. The lowest BCUT2D eigenvalue weighted by atomic mass is 10.1. The second kappa shape index (κ2) is 10.4. The first-order valence-electron chi connectivity index (χ1n) is 14.2. The molecule has 1 saturated heterocycles. The molecule has 0 unspecified atom stereocenters. The monoisotopic (exact) mass is 567 g/mol. The molecule has 11 nitrogen and oxygen atoms in total. The van der Waals surface area contributed by atoms with E-state index in [1.54, 1.807) is 42.9 Å². The standard InChI is InChI=1S/C31H37N9O2/c1-7-11-39-29(41)23-19-32-30(35-28(23)40(39)26-10-8-9-25(34-26)31(3,4)42)33-22-17-21-16-20(2)37(6)27(21)24(18-22)38-14-12-36(5)13-15-38/h7-10,16-19,42H,1,11-15H2,2-6H3,(H,32,33,35). The number of piperazine rings is 1. The van der Waals surface area contributed by atoms with Gasteiger partial charge in [-0.05, 0) is 58.2 Å². The Bertz CT molecular complexity index is 1870. The Kier molecular flexibility index (Phi) is 6.86. The predicted molar refractivity (Wildman–Crippen MR) is 167 cm³/mol. The van der Waals surface area contributed by atoms with Crippen LogP contribution in [-0.4, -0.2) is 72.1 Å². The van der Waals surface area contributed by atoms with E-state index < -0.39 is 5.60 Å². The lowest BCUT2D eigenvalue weighted by Crippen LogP contribution is -2.44. The van der Waals surface area contributed by atoms with Crippen LogP contribution in [0, 0.1) is 6.92 Å². The van der Waals surface area contributed by atoms with E-state index in [0.717, 1.165) is 37.3 Å². The molecule has 218 valence electrons. The summed E-state index contributed by atoms with van der Waals surface area (Å²) in [7, 11) is 4.26. The maximum absolute atomic E-state index is 13.4. The van der Waals surface area contributed by atoms with E-state index >= 15 is 0 Å². The summed E-state index contributed by atoms with van der Waals surface area (Å²) in [6.07, 6.45) is 3.20. The summed E-state index contributed by atoms with van der Waals surface area (Å²) in [5.41, 5.74) is 3.91. The predicted octanol–water partition coefficient (Wildman–Crippen LogP) is 3.69. The number of rotatable bonds is 7. The fraction of sp³-hybridized carbons (Fsp3) is 0.355. The normalized spacial score (nSPS) is 14.7. The zero-order chi connectivity index (χ0) is 29.8. The van der Waals surface area contributed by atoms with E-state index in [2.05, 4.69) is 75.4 Å². The van der Waals surface area contributed by atoms with Gasteiger partial charge in [-0.3, -0.25) is 4.79 Å². The molecule has 1 aliphatic rings. The van der Waals surface area contributed by atoms with E-state index in [4.69, 9.17) is 4.98 Å². The van der Waals surface area contributed by atoms with Gasteiger partial charge in [-0.1, -0.05) is 12.1 Å². The maximum atomic E-state index is 13.4. The van der Waals surface area contributed by atoms with Crippen molar-refractivity contribution >= 4 is 39.3 Å². The number of likely N-dealkylation sites (N-methyl/N-ethyl adjacent to an activating group) is 1. The highest BCUT2D eigenvalue weighted by molar-refractivity contribution is 5.96. The molecule has 11 heteroatoms. The Labute approximate surface area is 244 Å². The van der Waals surface area contributed by atoms with E-state index in [1.807, 2.05) is 6.07 Å². The smallest absolute Gasteiger partial charge is 0.278 e. The molecule has 0 saturated carbocycles. The Morgan fingerprint density at radius 2 is 1.86 bits per heavy atom.